The van der Waals surface area contributed by atoms with Gasteiger partial charge in [0.25, 0.3) is 0 Å². The molecule has 132 valence electrons. The molecule has 0 aliphatic carbocycles. The fourth-order valence-corrected chi connectivity index (χ4v) is 4.39. The van der Waals surface area contributed by atoms with Crippen molar-refractivity contribution in [2.75, 3.05) is 4.90 Å². The van der Waals surface area contributed by atoms with Gasteiger partial charge in [-0.15, -0.1) is 0 Å². The number of halogens is 2. The summed E-state index contributed by atoms with van der Waals surface area (Å²) in [6.07, 6.45) is 1.49. The second-order valence-corrected chi connectivity index (χ2v) is 7.95. The van der Waals surface area contributed by atoms with Crippen molar-refractivity contribution in [1.29, 1.82) is 0 Å². The first-order valence-electron chi connectivity index (χ1n) is 8.45. The summed E-state index contributed by atoms with van der Waals surface area (Å²) >= 11 is 9.76. The van der Waals surface area contributed by atoms with Crippen LogP contribution >= 0.6 is 27.5 Å². The Morgan fingerprint density at radius 1 is 1.32 bits per heavy atom. The number of fused-ring (bicyclic) bond motifs is 1. The lowest BCUT2D eigenvalue weighted by molar-refractivity contribution is 0.141. The van der Waals surface area contributed by atoms with E-state index in [0.29, 0.717) is 10.9 Å². The molecule has 1 atom stereocenters. The maximum Gasteiger partial charge on any atom is 0.414 e. The van der Waals surface area contributed by atoms with Crippen molar-refractivity contribution in [3.63, 3.8) is 0 Å². The highest BCUT2D eigenvalue weighted by atomic mass is 79.9. The van der Waals surface area contributed by atoms with Gasteiger partial charge in [-0.3, -0.25) is 4.90 Å². The largest absolute Gasteiger partial charge is 0.444 e. The second kappa shape index (κ2) is 7.79. The standard InChI is InChI=1S/C20H21BrClNO2/c1-13(2)18-9-8-15-10-16(22)11-17(21)19(15)23(18)20(24)25-12-14-6-4-3-5-7-14/h3-7,10-11,13,18H,8-9,12H2,1-2H3. The van der Waals surface area contributed by atoms with E-state index >= 15 is 0 Å². The lowest BCUT2D eigenvalue weighted by Crippen LogP contribution is -2.47. The van der Waals surface area contributed by atoms with Crippen LogP contribution in [0.15, 0.2) is 46.9 Å². The minimum absolute atomic E-state index is 0.105. The first kappa shape index (κ1) is 18.3. The van der Waals surface area contributed by atoms with Crippen LogP contribution in [0.1, 0.15) is 31.4 Å². The zero-order valence-electron chi connectivity index (χ0n) is 14.3. The third-order valence-electron chi connectivity index (χ3n) is 4.56. The minimum Gasteiger partial charge on any atom is -0.444 e. The van der Waals surface area contributed by atoms with E-state index in [0.717, 1.165) is 34.1 Å². The van der Waals surface area contributed by atoms with E-state index in [4.69, 9.17) is 16.3 Å². The normalized spacial score (nSPS) is 16.7. The van der Waals surface area contributed by atoms with E-state index in [1.54, 1.807) is 4.90 Å². The smallest absolute Gasteiger partial charge is 0.414 e. The quantitative estimate of drug-likeness (QED) is 0.588. The monoisotopic (exact) mass is 421 g/mol. The number of carbonyl (C=O) groups excluding carboxylic acids is 1. The first-order chi connectivity index (χ1) is 12.0. The Hall–Kier alpha value is -1.52. The fourth-order valence-electron chi connectivity index (χ4n) is 3.32. The van der Waals surface area contributed by atoms with Crippen LogP contribution in [0.25, 0.3) is 0 Å². The number of rotatable bonds is 3. The molecule has 3 nitrogen and oxygen atoms in total. The van der Waals surface area contributed by atoms with Crippen molar-refractivity contribution < 1.29 is 9.53 Å². The summed E-state index contributed by atoms with van der Waals surface area (Å²) in [5.41, 5.74) is 2.93. The Morgan fingerprint density at radius 3 is 2.72 bits per heavy atom. The summed E-state index contributed by atoms with van der Waals surface area (Å²) in [6.45, 7) is 4.54. The number of hydrogen-bond acceptors (Lipinski definition) is 2. The van der Waals surface area contributed by atoms with Crippen molar-refractivity contribution in [2.24, 2.45) is 5.92 Å². The molecule has 0 bridgehead atoms. The molecule has 0 aromatic heterocycles. The lowest BCUT2D eigenvalue weighted by atomic mass is 9.89. The van der Waals surface area contributed by atoms with Crippen LogP contribution in [0, 0.1) is 5.92 Å². The van der Waals surface area contributed by atoms with Gasteiger partial charge >= 0.3 is 6.09 Å². The van der Waals surface area contributed by atoms with Gasteiger partial charge in [0.15, 0.2) is 0 Å². The molecule has 3 rings (SSSR count). The van der Waals surface area contributed by atoms with Crippen LogP contribution < -0.4 is 4.90 Å². The van der Waals surface area contributed by atoms with E-state index in [2.05, 4.69) is 29.8 Å². The highest BCUT2D eigenvalue weighted by Crippen LogP contribution is 2.41. The molecule has 5 heteroatoms. The molecule has 1 aliphatic rings. The van der Waals surface area contributed by atoms with Gasteiger partial charge in [0.1, 0.15) is 6.61 Å². The number of amides is 1. The van der Waals surface area contributed by atoms with E-state index < -0.39 is 0 Å². The van der Waals surface area contributed by atoms with Crippen molar-refractivity contribution in [3.8, 4) is 0 Å². The molecule has 2 aromatic carbocycles. The summed E-state index contributed by atoms with van der Waals surface area (Å²) in [4.78, 5) is 14.7. The van der Waals surface area contributed by atoms with Crippen molar-refractivity contribution >= 4 is 39.3 Å². The van der Waals surface area contributed by atoms with Crippen LogP contribution in [0.2, 0.25) is 5.02 Å². The highest BCUT2D eigenvalue weighted by Gasteiger charge is 2.35. The number of benzene rings is 2. The summed E-state index contributed by atoms with van der Waals surface area (Å²) in [5, 5.41) is 0.672. The number of hydrogen-bond donors (Lipinski definition) is 0. The van der Waals surface area contributed by atoms with Gasteiger partial charge in [-0.2, -0.15) is 0 Å². The topological polar surface area (TPSA) is 29.5 Å². The van der Waals surface area contributed by atoms with E-state index in [-0.39, 0.29) is 18.7 Å². The molecular formula is C20H21BrClNO2. The SMILES string of the molecule is CC(C)C1CCc2cc(Cl)cc(Br)c2N1C(=O)OCc1ccccc1. The van der Waals surface area contributed by atoms with Crippen LogP contribution in [0.3, 0.4) is 0 Å². The van der Waals surface area contributed by atoms with E-state index in [1.807, 2.05) is 42.5 Å². The van der Waals surface area contributed by atoms with Crippen molar-refractivity contribution in [3.05, 3.63) is 63.1 Å². The third kappa shape index (κ3) is 4.01. The molecule has 0 fully saturated rings. The molecule has 0 radical (unpaired) electrons. The van der Waals surface area contributed by atoms with E-state index in [9.17, 15) is 4.79 Å². The van der Waals surface area contributed by atoms with Crippen LogP contribution in [-0.4, -0.2) is 12.1 Å². The molecule has 25 heavy (non-hydrogen) atoms. The number of ether oxygens (including phenoxy) is 1. The van der Waals surface area contributed by atoms with Crippen molar-refractivity contribution in [2.45, 2.75) is 39.3 Å². The molecule has 1 amide bonds. The number of carbonyl (C=O) groups is 1. The van der Waals surface area contributed by atoms with Gasteiger partial charge < -0.3 is 4.74 Å². The predicted molar refractivity (Wildman–Crippen MR) is 105 cm³/mol. The van der Waals surface area contributed by atoms with Crippen molar-refractivity contribution in [1.82, 2.24) is 0 Å². The van der Waals surface area contributed by atoms with Gasteiger partial charge in [0.05, 0.1) is 5.69 Å². The number of aryl methyl sites for hydroxylation is 1. The first-order valence-corrected chi connectivity index (χ1v) is 9.62. The van der Waals surface area contributed by atoms with E-state index in [1.165, 1.54) is 0 Å². The summed E-state index contributed by atoms with van der Waals surface area (Å²) in [7, 11) is 0. The Labute approximate surface area is 162 Å². The van der Waals surface area contributed by atoms with Crippen LogP contribution in [0.5, 0.6) is 0 Å². The summed E-state index contributed by atoms with van der Waals surface area (Å²) in [6, 6.07) is 13.6. The van der Waals surface area contributed by atoms with Gasteiger partial charge in [0.2, 0.25) is 0 Å². The second-order valence-electron chi connectivity index (χ2n) is 6.66. The molecule has 0 N–H and O–H groups in total. The fraction of sp³-hybridized carbons (Fsp3) is 0.350. The lowest BCUT2D eigenvalue weighted by Gasteiger charge is -2.39. The molecule has 2 aromatic rings. The molecule has 1 heterocycles. The van der Waals surface area contributed by atoms with Crippen LogP contribution in [-0.2, 0) is 17.8 Å². The Bertz CT molecular complexity index is 764. The minimum atomic E-state index is -0.313. The molecule has 0 saturated carbocycles. The van der Waals surface area contributed by atoms with Gasteiger partial charge in [0, 0.05) is 15.5 Å². The van der Waals surface area contributed by atoms with Gasteiger partial charge in [-0.1, -0.05) is 55.8 Å². The van der Waals surface area contributed by atoms with Crippen LogP contribution in [0.4, 0.5) is 10.5 Å². The molecule has 1 aliphatic heterocycles. The average Bonchev–Trinajstić information content (AvgIpc) is 2.59. The predicted octanol–water partition coefficient (Wildman–Crippen LogP) is 6.22. The molecule has 1 unspecified atom stereocenters. The Kier molecular flexibility index (Phi) is 5.70. The third-order valence-corrected chi connectivity index (χ3v) is 5.38. The van der Waals surface area contributed by atoms with Gasteiger partial charge in [-0.05, 0) is 57.9 Å². The van der Waals surface area contributed by atoms with Gasteiger partial charge in [-0.25, -0.2) is 4.79 Å². The summed E-state index contributed by atoms with van der Waals surface area (Å²) in [5.74, 6) is 0.333. The molecular weight excluding hydrogens is 402 g/mol. The Balaban J connectivity index is 1.89. The average molecular weight is 423 g/mol. The Morgan fingerprint density at radius 2 is 2.04 bits per heavy atom. The maximum absolute atomic E-state index is 12.9. The zero-order valence-corrected chi connectivity index (χ0v) is 16.7. The maximum atomic E-state index is 12.9. The zero-order chi connectivity index (χ0) is 18.0. The molecule has 0 spiro atoms. The number of anilines is 1. The molecule has 0 saturated heterocycles. The highest BCUT2D eigenvalue weighted by molar-refractivity contribution is 9.10. The summed E-state index contributed by atoms with van der Waals surface area (Å²) < 4.78 is 6.45. The number of nitrogens with zero attached hydrogens (tertiary/aromatic N) is 1.